The van der Waals surface area contributed by atoms with Crippen molar-refractivity contribution in [3.63, 3.8) is 0 Å². The van der Waals surface area contributed by atoms with Crippen molar-refractivity contribution in [1.29, 1.82) is 0 Å². The van der Waals surface area contributed by atoms with Crippen LogP contribution in [-0.2, 0) is 9.59 Å². The highest BCUT2D eigenvalue weighted by Gasteiger charge is 2.22. The molecular formula is C13H20N4O3. The van der Waals surface area contributed by atoms with E-state index in [-0.39, 0.29) is 24.4 Å². The second kappa shape index (κ2) is 6.04. The molecule has 0 spiro atoms. The molecule has 1 aliphatic rings. The first-order valence-corrected chi connectivity index (χ1v) is 6.69. The third-order valence-corrected chi connectivity index (χ3v) is 3.42. The summed E-state index contributed by atoms with van der Waals surface area (Å²) in [7, 11) is 0. The summed E-state index contributed by atoms with van der Waals surface area (Å²) in [6.45, 7) is 7.21. The van der Waals surface area contributed by atoms with Gasteiger partial charge in [0.1, 0.15) is 5.76 Å². The van der Waals surface area contributed by atoms with E-state index in [0.29, 0.717) is 18.8 Å². The summed E-state index contributed by atoms with van der Waals surface area (Å²) in [4.78, 5) is 25.2. The molecule has 1 aromatic heterocycles. The molecule has 0 bridgehead atoms. The average molecular weight is 280 g/mol. The Morgan fingerprint density at radius 3 is 2.90 bits per heavy atom. The van der Waals surface area contributed by atoms with E-state index in [4.69, 9.17) is 4.52 Å². The van der Waals surface area contributed by atoms with Gasteiger partial charge < -0.3 is 20.1 Å². The number of carbonyl (C=O) groups is 2. The van der Waals surface area contributed by atoms with Gasteiger partial charge in [-0.25, -0.2) is 0 Å². The molecule has 0 radical (unpaired) electrons. The average Bonchev–Trinajstić information content (AvgIpc) is 2.72. The molecule has 110 valence electrons. The fraction of sp³-hybridized carbons (Fsp3) is 0.615. The Bertz CT molecular complexity index is 492. The van der Waals surface area contributed by atoms with Crippen molar-refractivity contribution in [2.24, 2.45) is 0 Å². The summed E-state index contributed by atoms with van der Waals surface area (Å²) in [6, 6.07) is -0.188. The first-order valence-electron chi connectivity index (χ1n) is 6.69. The zero-order valence-electron chi connectivity index (χ0n) is 12.0. The maximum Gasteiger partial charge on any atom is 0.240 e. The van der Waals surface area contributed by atoms with Crippen LogP contribution in [-0.4, -0.2) is 48.0 Å². The van der Waals surface area contributed by atoms with Crippen LogP contribution in [0.25, 0.3) is 0 Å². The number of aromatic nitrogens is 1. The number of amides is 2. The minimum absolute atomic E-state index is 0.0450. The maximum atomic E-state index is 12.0. The van der Waals surface area contributed by atoms with Gasteiger partial charge in [0.2, 0.25) is 11.8 Å². The molecule has 1 saturated heterocycles. The van der Waals surface area contributed by atoms with Gasteiger partial charge in [0.05, 0.1) is 24.8 Å². The predicted molar refractivity (Wildman–Crippen MR) is 72.0 cm³/mol. The van der Waals surface area contributed by atoms with Gasteiger partial charge in [0, 0.05) is 18.7 Å². The van der Waals surface area contributed by atoms with Gasteiger partial charge in [0.25, 0.3) is 0 Å². The minimum Gasteiger partial charge on any atom is -0.361 e. The largest absolute Gasteiger partial charge is 0.361 e. The van der Waals surface area contributed by atoms with Gasteiger partial charge in [-0.1, -0.05) is 5.16 Å². The Kier molecular flexibility index (Phi) is 4.39. The smallest absolute Gasteiger partial charge is 0.240 e. The summed E-state index contributed by atoms with van der Waals surface area (Å²) in [5.41, 5.74) is 1.67. The molecule has 20 heavy (non-hydrogen) atoms. The topological polar surface area (TPSA) is 87.5 Å². The van der Waals surface area contributed by atoms with E-state index in [9.17, 15) is 9.59 Å². The summed E-state index contributed by atoms with van der Waals surface area (Å²) in [5, 5.41) is 9.72. The number of nitrogens with one attached hydrogen (secondary N) is 2. The van der Waals surface area contributed by atoms with Crippen LogP contribution in [0, 0.1) is 13.8 Å². The number of hydrogen-bond donors (Lipinski definition) is 2. The predicted octanol–water partition coefficient (Wildman–Crippen LogP) is -0.0996. The Hall–Kier alpha value is -1.89. The zero-order valence-corrected chi connectivity index (χ0v) is 12.0. The van der Waals surface area contributed by atoms with Crippen LogP contribution >= 0.6 is 0 Å². The molecule has 7 nitrogen and oxygen atoms in total. The van der Waals surface area contributed by atoms with Gasteiger partial charge in [0.15, 0.2) is 0 Å². The van der Waals surface area contributed by atoms with Crippen LogP contribution in [0.5, 0.6) is 0 Å². The van der Waals surface area contributed by atoms with Crippen molar-refractivity contribution < 1.29 is 14.1 Å². The molecule has 1 aliphatic heterocycles. The Morgan fingerprint density at radius 2 is 2.30 bits per heavy atom. The van der Waals surface area contributed by atoms with Crippen molar-refractivity contribution in [3.05, 3.63) is 17.0 Å². The van der Waals surface area contributed by atoms with Crippen molar-refractivity contribution in [1.82, 2.24) is 20.7 Å². The van der Waals surface area contributed by atoms with Crippen LogP contribution < -0.4 is 10.6 Å². The molecule has 2 heterocycles. The van der Waals surface area contributed by atoms with E-state index < -0.39 is 0 Å². The first kappa shape index (κ1) is 14.5. The molecule has 2 rings (SSSR count). The number of carbonyl (C=O) groups excluding carboxylic acids is 2. The Labute approximate surface area is 117 Å². The molecular weight excluding hydrogens is 260 g/mol. The van der Waals surface area contributed by atoms with E-state index in [0.717, 1.165) is 17.8 Å². The van der Waals surface area contributed by atoms with E-state index >= 15 is 0 Å². The number of rotatable bonds is 4. The number of hydrogen-bond acceptors (Lipinski definition) is 5. The highest BCUT2D eigenvalue weighted by molar-refractivity contribution is 5.86. The lowest BCUT2D eigenvalue weighted by atomic mass is 10.1. The summed E-state index contributed by atoms with van der Waals surface area (Å²) in [6.07, 6.45) is 0. The molecule has 1 unspecified atom stereocenters. The summed E-state index contributed by atoms with van der Waals surface area (Å²) in [5.74, 6) is 0.484. The highest BCUT2D eigenvalue weighted by atomic mass is 16.5. The van der Waals surface area contributed by atoms with Gasteiger partial charge in [-0.05, 0) is 20.8 Å². The molecule has 2 N–H and O–H groups in total. The molecule has 1 atom stereocenters. The molecule has 1 aromatic rings. The van der Waals surface area contributed by atoms with Gasteiger partial charge in [-0.15, -0.1) is 0 Å². The second-order valence-corrected chi connectivity index (χ2v) is 5.02. The lowest BCUT2D eigenvalue weighted by Crippen LogP contribution is -2.51. The fourth-order valence-electron chi connectivity index (χ4n) is 2.45. The number of nitrogens with zero attached hydrogens (tertiary/aromatic N) is 2. The number of aryl methyl sites for hydroxylation is 2. The van der Waals surface area contributed by atoms with E-state index in [1.165, 1.54) is 0 Å². The van der Waals surface area contributed by atoms with E-state index in [1.807, 2.05) is 20.8 Å². The maximum absolute atomic E-state index is 12.0. The Balaban J connectivity index is 1.92. The van der Waals surface area contributed by atoms with E-state index in [1.54, 1.807) is 4.90 Å². The second-order valence-electron chi connectivity index (χ2n) is 5.02. The quantitative estimate of drug-likeness (QED) is 0.804. The summed E-state index contributed by atoms with van der Waals surface area (Å²) < 4.78 is 5.09. The van der Waals surface area contributed by atoms with Crippen molar-refractivity contribution >= 4 is 11.8 Å². The van der Waals surface area contributed by atoms with Crippen molar-refractivity contribution in [2.75, 3.05) is 26.2 Å². The van der Waals surface area contributed by atoms with Crippen LogP contribution in [0.15, 0.2) is 4.52 Å². The van der Waals surface area contributed by atoms with Gasteiger partial charge >= 0.3 is 0 Å². The molecule has 0 saturated carbocycles. The van der Waals surface area contributed by atoms with Crippen LogP contribution in [0.3, 0.4) is 0 Å². The van der Waals surface area contributed by atoms with Crippen molar-refractivity contribution in [3.8, 4) is 0 Å². The monoisotopic (exact) mass is 280 g/mol. The van der Waals surface area contributed by atoms with Crippen LogP contribution in [0.4, 0.5) is 0 Å². The normalized spacial score (nSPS) is 17.1. The highest BCUT2D eigenvalue weighted by Crippen LogP contribution is 2.20. The zero-order chi connectivity index (χ0) is 14.7. The summed E-state index contributed by atoms with van der Waals surface area (Å²) >= 11 is 0. The lowest BCUT2D eigenvalue weighted by Gasteiger charge is -2.27. The third kappa shape index (κ3) is 3.16. The van der Waals surface area contributed by atoms with Crippen LogP contribution in [0.2, 0.25) is 0 Å². The first-order chi connectivity index (χ1) is 9.49. The molecule has 1 fully saturated rings. The molecule has 7 heteroatoms. The Morgan fingerprint density at radius 1 is 1.55 bits per heavy atom. The molecule has 0 aromatic carbocycles. The SMILES string of the molecule is Cc1noc(C)c1C(C)NC(=O)CN1CCNCC1=O. The van der Waals surface area contributed by atoms with Crippen LogP contribution in [0.1, 0.15) is 30.0 Å². The standard InChI is InChI=1S/C13H20N4O3/c1-8(13-9(2)16-20-10(13)3)15-11(18)7-17-5-4-14-6-12(17)19/h8,14H,4-7H2,1-3H3,(H,15,18). The lowest BCUT2D eigenvalue weighted by molar-refractivity contribution is -0.136. The minimum atomic E-state index is -0.188. The van der Waals surface area contributed by atoms with E-state index in [2.05, 4.69) is 15.8 Å². The number of piperazine rings is 1. The van der Waals surface area contributed by atoms with Gasteiger partial charge in [-0.2, -0.15) is 0 Å². The third-order valence-electron chi connectivity index (χ3n) is 3.42. The molecule has 0 aliphatic carbocycles. The molecule has 2 amide bonds. The van der Waals surface area contributed by atoms with Crippen molar-refractivity contribution in [2.45, 2.75) is 26.8 Å². The van der Waals surface area contributed by atoms with Gasteiger partial charge in [-0.3, -0.25) is 9.59 Å². The fourth-order valence-corrected chi connectivity index (χ4v) is 2.45.